The standard InChI is InChI=1S/C15H11FN2O2.ClH/c1-20-14-7-10(9-2-4-11(16)5-3-9)6-12-13(19)8-17-18-15(12)14;/h2-8H,1H3,(H,18,19);1H. The van der Waals surface area contributed by atoms with E-state index in [9.17, 15) is 9.50 Å². The number of hydrogen-bond acceptors (Lipinski definition) is 4. The fraction of sp³-hybridized carbons (Fsp3) is 0.0667. The average molecular weight is 307 g/mol. The average Bonchev–Trinajstić information content (AvgIpc) is 2.47. The molecule has 1 N–H and O–H groups in total. The van der Waals surface area contributed by atoms with Gasteiger partial charge in [-0.1, -0.05) is 12.1 Å². The van der Waals surface area contributed by atoms with Crippen LogP contribution in [0.5, 0.6) is 11.5 Å². The van der Waals surface area contributed by atoms with E-state index >= 15 is 0 Å². The lowest BCUT2D eigenvalue weighted by Crippen LogP contribution is -1.91. The van der Waals surface area contributed by atoms with Gasteiger partial charge in [0, 0.05) is 5.39 Å². The molecule has 0 atom stereocenters. The lowest BCUT2D eigenvalue weighted by atomic mass is 10.0. The Labute approximate surface area is 126 Å². The van der Waals surface area contributed by atoms with Gasteiger partial charge in [0.2, 0.25) is 0 Å². The SMILES string of the molecule is COc1cc(-c2ccc(F)cc2)cc2c(O)cnnc12.Cl. The molecule has 0 spiro atoms. The van der Waals surface area contributed by atoms with Crippen molar-refractivity contribution in [3.63, 3.8) is 0 Å². The Kier molecular flexibility index (Phi) is 4.23. The number of rotatable bonds is 2. The van der Waals surface area contributed by atoms with Gasteiger partial charge in [0.15, 0.2) is 0 Å². The van der Waals surface area contributed by atoms with Gasteiger partial charge in [0.05, 0.1) is 13.3 Å². The lowest BCUT2D eigenvalue weighted by molar-refractivity contribution is 0.418. The molecule has 1 aromatic heterocycles. The van der Waals surface area contributed by atoms with Crippen LogP contribution in [0.15, 0.2) is 42.6 Å². The molecule has 3 aromatic rings. The Morgan fingerprint density at radius 3 is 2.48 bits per heavy atom. The fourth-order valence-electron chi connectivity index (χ4n) is 2.08. The summed E-state index contributed by atoms with van der Waals surface area (Å²) < 4.78 is 18.3. The molecule has 0 amide bonds. The molecule has 108 valence electrons. The zero-order chi connectivity index (χ0) is 14.1. The summed E-state index contributed by atoms with van der Waals surface area (Å²) in [6.07, 6.45) is 1.27. The summed E-state index contributed by atoms with van der Waals surface area (Å²) in [6, 6.07) is 9.66. The normalized spacial score (nSPS) is 10.2. The molecular formula is C15H12ClFN2O2. The van der Waals surface area contributed by atoms with Crippen LogP contribution < -0.4 is 4.74 Å². The molecule has 0 aliphatic carbocycles. The van der Waals surface area contributed by atoms with E-state index in [1.165, 1.54) is 25.4 Å². The largest absolute Gasteiger partial charge is 0.506 e. The van der Waals surface area contributed by atoms with Gasteiger partial charge in [0.1, 0.15) is 22.8 Å². The van der Waals surface area contributed by atoms with Gasteiger partial charge in [0.25, 0.3) is 0 Å². The van der Waals surface area contributed by atoms with E-state index in [-0.39, 0.29) is 24.0 Å². The number of aromatic nitrogens is 2. The first-order chi connectivity index (χ1) is 9.69. The molecule has 0 aliphatic heterocycles. The van der Waals surface area contributed by atoms with Crippen LogP contribution in [0.4, 0.5) is 4.39 Å². The van der Waals surface area contributed by atoms with Gasteiger partial charge in [-0.05, 0) is 35.4 Å². The minimum Gasteiger partial charge on any atom is -0.506 e. The zero-order valence-electron chi connectivity index (χ0n) is 11.1. The smallest absolute Gasteiger partial charge is 0.147 e. The maximum absolute atomic E-state index is 13.0. The summed E-state index contributed by atoms with van der Waals surface area (Å²) in [4.78, 5) is 0. The first-order valence-electron chi connectivity index (χ1n) is 5.97. The number of hydrogen-bond donors (Lipinski definition) is 1. The van der Waals surface area contributed by atoms with E-state index in [4.69, 9.17) is 4.74 Å². The van der Waals surface area contributed by atoms with E-state index in [1.807, 2.05) is 0 Å². The molecule has 0 saturated heterocycles. The van der Waals surface area contributed by atoms with Crippen molar-refractivity contribution in [2.75, 3.05) is 7.11 Å². The Hall–Kier alpha value is -2.40. The van der Waals surface area contributed by atoms with E-state index < -0.39 is 0 Å². The van der Waals surface area contributed by atoms with E-state index in [0.29, 0.717) is 16.7 Å². The Morgan fingerprint density at radius 2 is 1.81 bits per heavy atom. The third-order valence-corrected chi connectivity index (χ3v) is 3.09. The van der Waals surface area contributed by atoms with Gasteiger partial charge in [-0.3, -0.25) is 0 Å². The summed E-state index contributed by atoms with van der Waals surface area (Å²) in [6.45, 7) is 0. The summed E-state index contributed by atoms with van der Waals surface area (Å²) in [7, 11) is 1.52. The van der Waals surface area contributed by atoms with E-state index in [2.05, 4.69) is 10.2 Å². The third kappa shape index (κ3) is 2.73. The summed E-state index contributed by atoms with van der Waals surface area (Å²) in [5, 5.41) is 18.1. The Morgan fingerprint density at radius 1 is 1.10 bits per heavy atom. The maximum Gasteiger partial charge on any atom is 0.147 e. The topological polar surface area (TPSA) is 55.2 Å². The summed E-state index contributed by atoms with van der Waals surface area (Å²) in [5.74, 6) is 0.234. The second-order valence-electron chi connectivity index (χ2n) is 4.31. The first kappa shape index (κ1) is 15.0. The molecule has 0 unspecified atom stereocenters. The minimum absolute atomic E-state index is 0. The predicted octanol–water partition coefficient (Wildman–Crippen LogP) is 3.57. The van der Waals surface area contributed by atoms with E-state index in [1.54, 1.807) is 24.3 Å². The number of nitrogens with zero attached hydrogens (tertiary/aromatic N) is 2. The predicted molar refractivity (Wildman–Crippen MR) is 80.4 cm³/mol. The third-order valence-electron chi connectivity index (χ3n) is 3.09. The van der Waals surface area contributed by atoms with Crippen molar-refractivity contribution in [3.05, 3.63) is 48.4 Å². The number of halogens is 2. The van der Waals surface area contributed by atoms with Crippen LogP contribution >= 0.6 is 12.4 Å². The lowest BCUT2D eigenvalue weighted by Gasteiger charge is -2.09. The number of ether oxygens (including phenoxy) is 1. The molecule has 0 bridgehead atoms. The van der Waals surface area contributed by atoms with Crippen LogP contribution in [0.3, 0.4) is 0 Å². The highest BCUT2D eigenvalue weighted by atomic mass is 35.5. The Bertz CT molecular complexity index is 778. The van der Waals surface area contributed by atoms with Crippen molar-refractivity contribution in [3.8, 4) is 22.6 Å². The molecular weight excluding hydrogens is 295 g/mol. The van der Waals surface area contributed by atoms with Crippen LogP contribution in [-0.2, 0) is 0 Å². The van der Waals surface area contributed by atoms with Crippen LogP contribution in [-0.4, -0.2) is 22.4 Å². The second-order valence-corrected chi connectivity index (χ2v) is 4.31. The van der Waals surface area contributed by atoms with Gasteiger partial charge < -0.3 is 9.84 Å². The van der Waals surface area contributed by atoms with Crippen molar-refractivity contribution in [2.24, 2.45) is 0 Å². The van der Waals surface area contributed by atoms with Crippen LogP contribution in [0, 0.1) is 5.82 Å². The Balaban J connectivity index is 0.00000161. The molecule has 6 heteroatoms. The minimum atomic E-state index is -0.296. The molecule has 0 radical (unpaired) electrons. The monoisotopic (exact) mass is 306 g/mol. The molecule has 0 fully saturated rings. The molecule has 2 aromatic carbocycles. The van der Waals surface area contributed by atoms with Gasteiger partial charge >= 0.3 is 0 Å². The molecule has 4 nitrogen and oxygen atoms in total. The van der Waals surface area contributed by atoms with Crippen LogP contribution in [0.2, 0.25) is 0 Å². The number of aromatic hydroxyl groups is 1. The molecule has 1 heterocycles. The van der Waals surface area contributed by atoms with Crippen molar-refractivity contribution in [1.29, 1.82) is 0 Å². The van der Waals surface area contributed by atoms with Crippen LogP contribution in [0.25, 0.3) is 22.0 Å². The van der Waals surface area contributed by atoms with Gasteiger partial charge in [-0.15, -0.1) is 17.5 Å². The highest BCUT2D eigenvalue weighted by Gasteiger charge is 2.11. The fourth-order valence-corrected chi connectivity index (χ4v) is 2.08. The van der Waals surface area contributed by atoms with Crippen molar-refractivity contribution in [1.82, 2.24) is 10.2 Å². The van der Waals surface area contributed by atoms with Gasteiger partial charge in [-0.25, -0.2) is 4.39 Å². The first-order valence-corrected chi connectivity index (χ1v) is 5.97. The molecule has 0 aliphatic rings. The van der Waals surface area contributed by atoms with E-state index in [0.717, 1.165) is 11.1 Å². The molecule has 3 rings (SSSR count). The molecule has 21 heavy (non-hydrogen) atoms. The van der Waals surface area contributed by atoms with Crippen molar-refractivity contribution < 1.29 is 14.2 Å². The quantitative estimate of drug-likeness (QED) is 0.786. The number of fused-ring (bicyclic) bond motifs is 1. The highest BCUT2D eigenvalue weighted by Crippen LogP contribution is 2.34. The zero-order valence-corrected chi connectivity index (χ0v) is 11.9. The summed E-state index contributed by atoms with van der Waals surface area (Å²) >= 11 is 0. The van der Waals surface area contributed by atoms with Crippen molar-refractivity contribution in [2.45, 2.75) is 0 Å². The number of benzene rings is 2. The van der Waals surface area contributed by atoms with Crippen LogP contribution in [0.1, 0.15) is 0 Å². The van der Waals surface area contributed by atoms with Gasteiger partial charge in [-0.2, -0.15) is 5.10 Å². The summed E-state index contributed by atoms with van der Waals surface area (Å²) in [5.41, 5.74) is 2.11. The number of methoxy groups -OCH3 is 1. The second kappa shape index (κ2) is 5.93. The molecule has 0 saturated carbocycles. The van der Waals surface area contributed by atoms with Crippen molar-refractivity contribution >= 4 is 23.3 Å². The highest BCUT2D eigenvalue weighted by molar-refractivity contribution is 5.93. The maximum atomic E-state index is 13.0.